The quantitative estimate of drug-likeness (QED) is 0.0271. The van der Waals surface area contributed by atoms with E-state index < -0.39 is 5.41 Å². The van der Waals surface area contributed by atoms with Crippen LogP contribution in [0.5, 0.6) is 0 Å². The van der Waals surface area contributed by atoms with E-state index in [1.807, 2.05) is 0 Å². The van der Waals surface area contributed by atoms with Crippen molar-refractivity contribution in [3.8, 4) is 33.4 Å². The number of allylic oxidation sites excluding steroid dienone is 2. The summed E-state index contributed by atoms with van der Waals surface area (Å²) in [6.45, 7) is 57.8. The average Bonchev–Trinajstić information content (AvgIpc) is 1.52. The van der Waals surface area contributed by atoms with Gasteiger partial charge < -0.3 is 4.90 Å². The van der Waals surface area contributed by atoms with E-state index in [-0.39, 0.29) is 55.2 Å². The molecule has 0 radical (unpaired) electrons. The van der Waals surface area contributed by atoms with Crippen LogP contribution >= 0.6 is 0 Å². The Balaban J connectivity index is 0.786. The lowest BCUT2D eigenvalue weighted by Gasteiger charge is -2.48. The Bertz CT molecular complexity index is 5950. The second-order valence-electron chi connectivity index (χ2n) is 46.1. The molecule has 5 atom stereocenters. The molecule has 0 bridgehead atoms. The predicted molar refractivity (Wildman–Crippen MR) is 596 cm³/mol. The normalized spacial score (nSPS) is 16.2. The minimum atomic E-state index is -0.566. The Morgan fingerprint density at radius 1 is 0.307 bits per heavy atom. The summed E-state index contributed by atoms with van der Waals surface area (Å²) >= 11 is 0. The zero-order chi connectivity index (χ0) is 97.0. The first-order chi connectivity index (χ1) is 66.1. The number of fused-ring (bicyclic) bond motifs is 11. The van der Waals surface area contributed by atoms with Crippen molar-refractivity contribution in [2.75, 3.05) is 4.90 Å². The van der Waals surface area contributed by atoms with E-state index in [0.717, 1.165) is 89.9 Å². The van der Waals surface area contributed by atoms with E-state index in [2.05, 4.69) is 387 Å². The second kappa shape index (κ2) is 41.9. The van der Waals surface area contributed by atoms with E-state index >= 15 is 0 Å². The molecule has 0 aromatic heterocycles. The molecule has 0 spiro atoms. The summed E-state index contributed by atoms with van der Waals surface area (Å²) in [7, 11) is 0. The first-order valence-electron chi connectivity index (χ1n) is 55.6. The lowest BCUT2D eigenvalue weighted by atomic mass is 9.56. The Kier molecular flexibility index (Phi) is 30.8. The molecule has 5 aliphatic carbocycles. The zero-order valence-corrected chi connectivity index (χ0v) is 89.1. The molecule has 11 aromatic carbocycles. The molecule has 5 aliphatic rings. The highest BCUT2D eigenvalue weighted by molar-refractivity contribution is 5.89. The highest BCUT2D eigenvalue weighted by atomic mass is 15.1. The monoisotopic (exact) mass is 1820 g/mol. The minimum Gasteiger partial charge on any atom is -0.311 e. The molecule has 137 heavy (non-hydrogen) atoms. The Morgan fingerprint density at radius 3 is 1.09 bits per heavy atom. The lowest BCUT2D eigenvalue weighted by Crippen LogP contribution is -2.44. The van der Waals surface area contributed by atoms with Gasteiger partial charge in [-0.2, -0.15) is 0 Å². The highest BCUT2D eigenvalue weighted by Crippen LogP contribution is 2.64. The first-order valence-corrected chi connectivity index (χ1v) is 55.6. The fourth-order valence-corrected chi connectivity index (χ4v) is 27.2. The van der Waals surface area contributed by atoms with Gasteiger partial charge in [0.1, 0.15) is 0 Å². The van der Waals surface area contributed by atoms with E-state index in [0.29, 0.717) is 5.92 Å². The van der Waals surface area contributed by atoms with Crippen molar-refractivity contribution < 1.29 is 0 Å². The van der Waals surface area contributed by atoms with Crippen molar-refractivity contribution in [2.24, 2.45) is 0 Å². The summed E-state index contributed by atoms with van der Waals surface area (Å²) in [5.41, 5.74) is 42.4. The van der Waals surface area contributed by atoms with Gasteiger partial charge in [0.2, 0.25) is 0 Å². The minimum absolute atomic E-state index is 0.0539. The summed E-state index contributed by atoms with van der Waals surface area (Å²) in [6.07, 6.45) is 44.2. The smallest absolute Gasteiger partial charge is 0.0713 e. The Hall–Kier alpha value is -9.30. The number of anilines is 3. The van der Waals surface area contributed by atoms with Gasteiger partial charge in [-0.1, -0.05) is 423 Å². The largest absolute Gasteiger partial charge is 0.311 e. The van der Waals surface area contributed by atoms with Gasteiger partial charge in [-0.3, -0.25) is 0 Å². The van der Waals surface area contributed by atoms with Crippen molar-refractivity contribution in [1.29, 1.82) is 0 Å². The standard InChI is InChI=1S/C136H173N/c1-23-35-39-43-45-49-85-134(86-50-46-44-40-36-24-2)122-89-100(59-77-115(122)117-79-67-106(91-124(117)134)129(17,18)30-8)96(14)133(33-11,34-12)109-70-82-120-119-80-68-107(92-126(119)136(127(120)94-109,110-61-55-98-51-53-101(98)87-110)111-62-56-99-52-54-102(99)88-111)130(19,20)121(28-6)103-60-78-116-118-81-69-108(93-125(118)135(123(116)90-103,83-47-41-37-25-3)84-48-42-38-26-4)132(22,32-10)131(21,31-9)105-65-75-114(76-66-105)137(112-71-57-97(58-72-112)95(13)27-5)113-73-63-104(64-74-113)128(15,16)29-7/h23-24,55-82,87-96,121H,1-2,25-54,83-86H2,3-22H3. The van der Waals surface area contributed by atoms with Crippen LogP contribution in [0.4, 0.5) is 17.1 Å². The van der Waals surface area contributed by atoms with Crippen molar-refractivity contribution in [2.45, 2.75) is 423 Å². The maximum absolute atomic E-state index is 4.12. The molecule has 722 valence electrons. The van der Waals surface area contributed by atoms with Crippen LogP contribution in [0.2, 0.25) is 0 Å². The molecule has 0 saturated heterocycles. The molecular weight excluding hydrogens is 1650 g/mol. The number of unbranched alkanes of at least 4 members (excludes halogenated alkanes) is 14. The fourth-order valence-electron chi connectivity index (χ4n) is 27.2. The van der Waals surface area contributed by atoms with Crippen LogP contribution in [0.3, 0.4) is 0 Å². The summed E-state index contributed by atoms with van der Waals surface area (Å²) in [5.74, 6) is 0.989. The van der Waals surface area contributed by atoms with Gasteiger partial charge in [0, 0.05) is 44.1 Å². The molecule has 0 aliphatic heterocycles. The maximum Gasteiger partial charge on any atom is 0.0713 e. The predicted octanol–water partition coefficient (Wildman–Crippen LogP) is 39.5. The number of nitrogens with zero attached hydrogens (tertiary/aromatic N) is 1. The molecule has 16 rings (SSSR count). The SMILES string of the molecule is C=CCCCCCCC1(CCCCCCC=C)c2cc(C(C)C(CC)(CC)c3ccc4c(c3)C(c3ccc5c(c3)CC5)(c3ccc5c(c3)CC5)c3cc(C(C)(C)C(CC)c5ccc6c(c5)C(CCCCCC)(CCCCCC)c5cc(C(C)(CC)C(C)(CC)c7ccc(N(c8ccc(C(C)CC)cc8)c8ccc(C(C)(C)CC)cc8)cc7)ccc5-6)ccc3-4)ccc2-c2ccc(C(C)(C)CC)cc21. The first kappa shape index (κ1) is 101. The second-order valence-corrected chi connectivity index (χ2v) is 46.1. The summed E-state index contributed by atoms with van der Waals surface area (Å²) in [6, 6.07) is 92.4. The van der Waals surface area contributed by atoms with Crippen LogP contribution in [0.15, 0.2) is 244 Å². The van der Waals surface area contributed by atoms with Crippen molar-refractivity contribution in [1.82, 2.24) is 0 Å². The molecule has 0 saturated carbocycles. The van der Waals surface area contributed by atoms with Crippen LogP contribution in [0, 0.1) is 0 Å². The van der Waals surface area contributed by atoms with Crippen molar-refractivity contribution >= 4 is 17.1 Å². The number of hydrogen-bond donors (Lipinski definition) is 0. The van der Waals surface area contributed by atoms with Crippen molar-refractivity contribution in [3.05, 3.63) is 361 Å². The van der Waals surface area contributed by atoms with Gasteiger partial charge in [0.25, 0.3) is 0 Å². The molecule has 0 N–H and O–H groups in total. The van der Waals surface area contributed by atoms with Crippen LogP contribution in [0.25, 0.3) is 33.4 Å². The third-order valence-electron chi connectivity index (χ3n) is 38.4. The van der Waals surface area contributed by atoms with E-state index in [1.165, 1.54) is 273 Å². The lowest BCUT2D eigenvalue weighted by molar-refractivity contribution is 0.234. The average molecular weight is 1820 g/mol. The number of benzene rings is 11. The van der Waals surface area contributed by atoms with Crippen LogP contribution in [-0.2, 0) is 74.4 Å². The van der Waals surface area contributed by atoms with E-state index in [1.54, 1.807) is 22.3 Å². The van der Waals surface area contributed by atoms with Gasteiger partial charge in [-0.05, 0) is 349 Å². The number of hydrogen-bond acceptors (Lipinski definition) is 1. The fraction of sp³-hybridized carbons (Fsp3) is 0.485. The highest BCUT2D eigenvalue weighted by Gasteiger charge is 2.53. The third kappa shape index (κ3) is 18.1. The van der Waals surface area contributed by atoms with Gasteiger partial charge in [-0.15, -0.1) is 13.2 Å². The maximum atomic E-state index is 4.12. The molecule has 11 aromatic rings. The van der Waals surface area contributed by atoms with Crippen LogP contribution in [-0.4, -0.2) is 0 Å². The molecule has 5 unspecified atom stereocenters. The Labute approximate surface area is 833 Å². The summed E-state index contributed by atoms with van der Waals surface area (Å²) in [5, 5.41) is 0. The van der Waals surface area contributed by atoms with Crippen molar-refractivity contribution in [3.63, 3.8) is 0 Å². The van der Waals surface area contributed by atoms with Gasteiger partial charge in [0.15, 0.2) is 0 Å². The van der Waals surface area contributed by atoms with Gasteiger partial charge in [0.05, 0.1) is 5.41 Å². The zero-order valence-electron chi connectivity index (χ0n) is 89.1. The van der Waals surface area contributed by atoms with Crippen LogP contribution < -0.4 is 4.90 Å². The van der Waals surface area contributed by atoms with Crippen LogP contribution in [0.1, 0.15) is 466 Å². The summed E-state index contributed by atoms with van der Waals surface area (Å²) < 4.78 is 0. The Morgan fingerprint density at radius 2 is 0.664 bits per heavy atom. The summed E-state index contributed by atoms with van der Waals surface area (Å²) in [4.78, 5) is 2.49. The topological polar surface area (TPSA) is 3.24 Å². The van der Waals surface area contributed by atoms with Gasteiger partial charge >= 0.3 is 0 Å². The molecule has 0 amide bonds. The van der Waals surface area contributed by atoms with E-state index in [9.17, 15) is 0 Å². The molecular formula is C136H173N. The number of aryl methyl sites for hydroxylation is 4. The van der Waals surface area contributed by atoms with E-state index in [4.69, 9.17) is 0 Å². The number of rotatable bonds is 49. The van der Waals surface area contributed by atoms with Gasteiger partial charge in [-0.25, -0.2) is 0 Å². The molecule has 1 nitrogen and oxygen atoms in total. The molecule has 1 heteroatoms. The molecule has 0 heterocycles. The third-order valence-corrected chi connectivity index (χ3v) is 38.4. The molecule has 0 fully saturated rings.